The van der Waals surface area contributed by atoms with Gasteiger partial charge in [0.15, 0.2) is 0 Å². The van der Waals surface area contributed by atoms with E-state index in [4.69, 9.17) is 19.9 Å². The van der Waals surface area contributed by atoms with Gasteiger partial charge in [0.1, 0.15) is 5.75 Å². The maximum Gasteiger partial charge on any atom is 0.123 e. The molecule has 0 amide bonds. The first-order valence-electron chi connectivity index (χ1n) is 5.86. The molecule has 1 aromatic carbocycles. The SMILES string of the molecule is COCCOCCCOc1ccccc1CN. The third kappa shape index (κ3) is 5.68. The van der Waals surface area contributed by atoms with E-state index >= 15 is 0 Å². The molecule has 0 radical (unpaired) electrons. The fourth-order valence-corrected chi connectivity index (χ4v) is 1.40. The summed E-state index contributed by atoms with van der Waals surface area (Å²) in [5.41, 5.74) is 6.65. The van der Waals surface area contributed by atoms with Gasteiger partial charge in [0.05, 0.1) is 19.8 Å². The Labute approximate surface area is 103 Å². The van der Waals surface area contributed by atoms with Gasteiger partial charge >= 0.3 is 0 Å². The van der Waals surface area contributed by atoms with Crippen LogP contribution in [0.2, 0.25) is 0 Å². The molecule has 0 saturated heterocycles. The second-order valence-corrected chi connectivity index (χ2v) is 3.62. The molecule has 1 rings (SSSR count). The van der Waals surface area contributed by atoms with Crippen LogP contribution in [-0.2, 0) is 16.0 Å². The first kappa shape index (κ1) is 14.0. The summed E-state index contributed by atoms with van der Waals surface area (Å²) in [7, 11) is 1.66. The van der Waals surface area contributed by atoms with Crippen LogP contribution in [0.25, 0.3) is 0 Å². The summed E-state index contributed by atoms with van der Waals surface area (Å²) in [5, 5.41) is 0. The summed E-state index contributed by atoms with van der Waals surface area (Å²) < 4.78 is 15.9. The molecule has 96 valence electrons. The fraction of sp³-hybridized carbons (Fsp3) is 0.538. The Hall–Kier alpha value is -1.10. The van der Waals surface area contributed by atoms with E-state index in [0.717, 1.165) is 17.7 Å². The van der Waals surface area contributed by atoms with E-state index in [2.05, 4.69) is 0 Å². The first-order valence-corrected chi connectivity index (χ1v) is 5.86. The van der Waals surface area contributed by atoms with Crippen LogP contribution in [0.1, 0.15) is 12.0 Å². The van der Waals surface area contributed by atoms with Crippen molar-refractivity contribution >= 4 is 0 Å². The number of hydrogen-bond donors (Lipinski definition) is 1. The minimum absolute atomic E-state index is 0.501. The van der Waals surface area contributed by atoms with Crippen molar-refractivity contribution in [3.8, 4) is 5.75 Å². The van der Waals surface area contributed by atoms with Crippen LogP contribution in [-0.4, -0.2) is 33.5 Å². The quantitative estimate of drug-likeness (QED) is 0.665. The van der Waals surface area contributed by atoms with E-state index < -0.39 is 0 Å². The van der Waals surface area contributed by atoms with Gasteiger partial charge in [-0.05, 0) is 6.07 Å². The highest BCUT2D eigenvalue weighted by molar-refractivity contribution is 5.32. The molecule has 0 fully saturated rings. The number of hydrogen-bond acceptors (Lipinski definition) is 4. The van der Waals surface area contributed by atoms with Crippen molar-refractivity contribution in [1.29, 1.82) is 0 Å². The van der Waals surface area contributed by atoms with Gasteiger partial charge in [0, 0.05) is 32.2 Å². The van der Waals surface area contributed by atoms with E-state index in [1.807, 2.05) is 24.3 Å². The Balaban J connectivity index is 2.13. The van der Waals surface area contributed by atoms with Crippen LogP contribution in [0, 0.1) is 0 Å². The molecule has 4 heteroatoms. The van der Waals surface area contributed by atoms with Gasteiger partial charge in [-0.1, -0.05) is 18.2 Å². The van der Waals surface area contributed by atoms with Crippen LogP contribution in [0.3, 0.4) is 0 Å². The number of para-hydroxylation sites is 1. The van der Waals surface area contributed by atoms with Gasteiger partial charge in [-0.3, -0.25) is 0 Å². The van der Waals surface area contributed by atoms with Gasteiger partial charge in [0.25, 0.3) is 0 Å². The van der Waals surface area contributed by atoms with Crippen molar-refractivity contribution in [2.45, 2.75) is 13.0 Å². The molecule has 0 aliphatic rings. The molecule has 0 aliphatic carbocycles. The van der Waals surface area contributed by atoms with Crippen molar-refractivity contribution < 1.29 is 14.2 Å². The van der Waals surface area contributed by atoms with Crippen LogP contribution in [0.5, 0.6) is 5.75 Å². The highest BCUT2D eigenvalue weighted by Crippen LogP contribution is 2.16. The lowest BCUT2D eigenvalue weighted by Gasteiger charge is -2.10. The maximum atomic E-state index is 5.64. The highest BCUT2D eigenvalue weighted by Gasteiger charge is 2.00. The Morgan fingerprint density at radius 1 is 1.06 bits per heavy atom. The summed E-state index contributed by atoms with van der Waals surface area (Å²) in [5.74, 6) is 0.867. The topological polar surface area (TPSA) is 53.7 Å². The zero-order valence-corrected chi connectivity index (χ0v) is 10.4. The molecule has 0 bridgehead atoms. The standard InChI is InChI=1S/C13H21NO3/c1-15-9-10-16-7-4-8-17-13-6-3-2-5-12(13)11-14/h2-3,5-6H,4,7-11,14H2,1H3. The molecule has 0 aliphatic heterocycles. The smallest absolute Gasteiger partial charge is 0.123 e. The molecule has 17 heavy (non-hydrogen) atoms. The number of methoxy groups -OCH3 is 1. The monoisotopic (exact) mass is 239 g/mol. The van der Waals surface area contributed by atoms with E-state index in [9.17, 15) is 0 Å². The lowest BCUT2D eigenvalue weighted by atomic mass is 10.2. The van der Waals surface area contributed by atoms with Gasteiger partial charge in [-0.25, -0.2) is 0 Å². The second-order valence-electron chi connectivity index (χ2n) is 3.62. The lowest BCUT2D eigenvalue weighted by molar-refractivity contribution is 0.0644. The number of ether oxygens (including phenoxy) is 3. The van der Waals surface area contributed by atoms with Gasteiger partial charge in [-0.2, -0.15) is 0 Å². The van der Waals surface area contributed by atoms with Crippen molar-refractivity contribution in [2.75, 3.05) is 33.5 Å². The first-order chi connectivity index (χ1) is 8.38. The van der Waals surface area contributed by atoms with E-state index in [1.54, 1.807) is 7.11 Å². The molecule has 0 aromatic heterocycles. The van der Waals surface area contributed by atoms with Crippen molar-refractivity contribution in [3.63, 3.8) is 0 Å². The predicted molar refractivity (Wildman–Crippen MR) is 67.1 cm³/mol. The maximum absolute atomic E-state index is 5.64. The Morgan fingerprint density at radius 2 is 1.88 bits per heavy atom. The van der Waals surface area contributed by atoms with E-state index in [0.29, 0.717) is 33.0 Å². The molecule has 0 heterocycles. The van der Waals surface area contributed by atoms with Crippen LogP contribution in [0.4, 0.5) is 0 Å². The summed E-state index contributed by atoms with van der Waals surface area (Å²) in [6, 6.07) is 7.82. The zero-order valence-electron chi connectivity index (χ0n) is 10.4. The van der Waals surface area contributed by atoms with Crippen molar-refractivity contribution in [1.82, 2.24) is 0 Å². The minimum Gasteiger partial charge on any atom is -0.493 e. The molecule has 0 atom stereocenters. The average molecular weight is 239 g/mol. The molecule has 0 unspecified atom stereocenters. The van der Waals surface area contributed by atoms with Crippen molar-refractivity contribution in [2.24, 2.45) is 5.73 Å². The number of benzene rings is 1. The van der Waals surface area contributed by atoms with Gasteiger partial charge < -0.3 is 19.9 Å². The Kier molecular flexibility index (Phi) is 7.38. The van der Waals surface area contributed by atoms with Crippen LogP contribution in [0.15, 0.2) is 24.3 Å². The summed E-state index contributed by atoms with van der Waals surface area (Å²) in [6.45, 7) is 3.10. The predicted octanol–water partition coefficient (Wildman–Crippen LogP) is 1.58. The molecule has 4 nitrogen and oxygen atoms in total. The molecular formula is C13H21NO3. The summed E-state index contributed by atoms with van der Waals surface area (Å²) >= 11 is 0. The molecule has 2 N–H and O–H groups in total. The third-order valence-corrected chi connectivity index (χ3v) is 2.31. The lowest BCUT2D eigenvalue weighted by Crippen LogP contribution is -2.08. The second kappa shape index (κ2) is 8.98. The summed E-state index contributed by atoms with van der Waals surface area (Å²) in [6.07, 6.45) is 0.864. The Morgan fingerprint density at radius 3 is 2.65 bits per heavy atom. The fourth-order valence-electron chi connectivity index (χ4n) is 1.40. The largest absolute Gasteiger partial charge is 0.493 e. The van der Waals surface area contributed by atoms with Gasteiger partial charge in [0.2, 0.25) is 0 Å². The molecule has 1 aromatic rings. The van der Waals surface area contributed by atoms with Crippen LogP contribution >= 0.6 is 0 Å². The summed E-state index contributed by atoms with van der Waals surface area (Å²) in [4.78, 5) is 0. The zero-order chi connectivity index (χ0) is 12.3. The molecule has 0 spiro atoms. The minimum atomic E-state index is 0.501. The van der Waals surface area contributed by atoms with Crippen molar-refractivity contribution in [3.05, 3.63) is 29.8 Å². The molecule has 0 saturated carbocycles. The number of rotatable bonds is 9. The van der Waals surface area contributed by atoms with Crippen LogP contribution < -0.4 is 10.5 Å². The average Bonchev–Trinajstić information content (AvgIpc) is 2.38. The van der Waals surface area contributed by atoms with Gasteiger partial charge in [-0.15, -0.1) is 0 Å². The van der Waals surface area contributed by atoms with E-state index in [-0.39, 0.29) is 0 Å². The third-order valence-electron chi connectivity index (χ3n) is 2.31. The molecular weight excluding hydrogens is 218 g/mol. The highest BCUT2D eigenvalue weighted by atomic mass is 16.5. The van der Waals surface area contributed by atoms with E-state index in [1.165, 1.54) is 0 Å². The normalized spacial score (nSPS) is 10.5. The Bertz CT molecular complexity index is 304. The number of nitrogens with two attached hydrogens (primary N) is 1.